The molecule has 6 rings (SSSR count). The third kappa shape index (κ3) is 3.81. The topological polar surface area (TPSA) is 44.1 Å². The molecule has 0 N–H and O–H groups in total. The molecule has 35 heavy (non-hydrogen) atoms. The minimum Gasteiger partial charge on any atom is -0.384 e. The Morgan fingerprint density at radius 3 is 2.71 bits per heavy atom. The zero-order valence-corrected chi connectivity index (χ0v) is 22.4. The van der Waals surface area contributed by atoms with E-state index in [0.29, 0.717) is 28.7 Å². The van der Waals surface area contributed by atoms with Crippen molar-refractivity contribution >= 4 is 28.3 Å². The van der Waals surface area contributed by atoms with Gasteiger partial charge in [0.2, 0.25) is 0 Å². The van der Waals surface area contributed by atoms with E-state index >= 15 is 0 Å². The molecule has 0 radical (unpaired) electrons. The van der Waals surface area contributed by atoms with Gasteiger partial charge in [0.05, 0.1) is 11.7 Å². The summed E-state index contributed by atoms with van der Waals surface area (Å²) in [4.78, 5) is 13.7. The maximum atomic E-state index is 13.7. The number of hydrogen-bond acceptors (Lipinski definition) is 3. The van der Waals surface area contributed by atoms with Crippen molar-refractivity contribution in [2.24, 2.45) is 46.3 Å². The molecule has 8 atom stereocenters. The first-order chi connectivity index (χ1) is 16.8. The summed E-state index contributed by atoms with van der Waals surface area (Å²) in [7, 11) is 1.86. The summed E-state index contributed by atoms with van der Waals surface area (Å²) in [5.74, 6) is 4.53. The van der Waals surface area contributed by atoms with Gasteiger partial charge < -0.3 is 4.74 Å². The Labute approximate surface area is 215 Å². The Hall–Kier alpha value is -1.39. The number of benzene rings is 1. The van der Waals surface area contributed by atoms with Gasteiger partial charge in [0.15, 0.2) is 5.78 Å². The maximum absolute atomic E-state index is 13.7. The molecule has 4 nitrogen and oxygen atoms in total. The minimum absolute atomic E-state index is 0.154. The molecule has 4 aliphatic rings. The third-order valence-electron chi connectivity index (χ3n) is 11.5. The van der Waals surface area contributed by atoms with Gasteiger partial charge in [-0.25, -0.2) is 0 Å². The van der Waals surface area contributed by atoms with Crippen LogP contribution < -0.4 is 0 Å². The molecule has 4 aliphatic carbocycles. The summed E-state index contributed by atoms with van der Waals surface area (Å²) in [6.45, 7) is 6.41. The number of carbonyl (C=O) groups excluding carboxylic acids is 1. The summed E-state index contributed by atoms with van der Waals surface area (Å²) in [5.41, 5.74) is 1.65. The van der Waals surface area contributed by atoms with E-state index in [1.54, 1.807) is 0 Å². The van der Waals surface area contributed by atoms with Crippen molar-refractivity contribution in [2.75, 3.05) is 13.7 Å². The van der Waals surface area contributed by atoms with Crippen molar-refractivity contribution < 1.29 is 9.53 Å². The average Bonchev–Trinajstić information content (AvgIpc) is 3.39. The maximum Gasteiger partial charge on any atom is 0.157 e. The zero-order chi connectivity index (χ0) is 24.4. The molecule has 5 heteroatoms. The molecule has 0 bridgehead atoms. The van der Waals surface area contributed by atoms with Gasteiger partial charge in [0.25, 0.3) is 0 Å². The van der Waals surface area contributed by atoms with Crippen LogP contribution in [0.3, 0.4) is 0 Å². The molecule has 0 aliphatic heterocycles. The van der Waals surface area contributed by atoms with Crippen LogP contribution in [0.15, 0.2) is 24.4 Å². The quantitative estimate of drug-likeness (QED) is 0.440. The lowest BCUT2D eigenvalue weighted by Crippen LogP contribution is -2.54. The molecular formula is C30H41ClN2O2. The standard InChI is InChI=1S/C30H41ClN2O2/c1-29-12-10-19(18-35-3)14-21(29)4-6-23-24-7-8-26(30(24,2)13-11-25(23)29)28(34)17-33-27-9-5-22(31)15-20(27)16-32-33/h5,9,15-16,19,21,23-26H,4,6-8,10-14,17-18H2,1-3H3. The van der Waals surface area contributed by atoms with Crippen LogP contribution in [0.5, 0.6) is 0 Å². The normalized spacial score (nSPS) is 40.8. The molecule has 190 valence electrons. The second-order valence-corrected chi connectivity index (χ2v) is 13.3. The molecule has 1 aromatic carbocycles. The lowest BCUT2D eigenvalue weighted by molar-refractivity contribution is -0.138. The highest BCUT2D eigenvalue weighted by Gasteiger charge is 2.61. The number of fused-ring (bicyclic) bond motifs is 6. The number of ether oxygens (including phenoxy) is 1. The second kappa shape index (κ2) is 8.87. The van der Waals surface area contributed by atoms with Gasteiger partial charge in [-0.3, -0.25) is 9.48 Å². The number of methoxy groups -OCH3 is 1. The summed E-state index contributed by atoms with van der Waals surface area (Å²) >= 11 is 6.15. The Balaban J connectivity index is 1.19. The number of ketones is 1. The van der Waals surface area contributed by atoms with E-state index < -0.39 is 0 Å². The highest BCUT2D eigenvalue weighted by Crippen LogP contribution is 2.67. The second-order valence-electron chi connectivity index (χ2n) is 12.9. The molecule has 1 aromatic heterocycles. The lowest BCUT2D eigenvalue weighted by Gasteiger charge is -2.61. The average molecular weight is 497 g/mol. The predicted molar refractivity (Wildman–Crippen MR) is 140 cm³/mol. The molecular weight excluding hydrogens is 456 g/mol. The van der Waals surface area contributed by atoms with E-state index in [0.717, 1.165) is 47.6 Å². The van der Waals surface area contributed by atoms with Crippen molar-refractivity contribution in [2.45, 2.75) is 78.2 Å². The van der Waals surface area contributed by atoms with Crippen molar-refractivity contribution in [3.8, 4) is 0 Å². The van der Waals surface area contributed by atoms with Gasteiger partial charge in [0, 0.05) is 30.0 Å². The van der Waals surface area contributed by atoms with E-state index in [1.807, 2.05) is 36.2 Å². The zero-order valence-electron chi connectivity index (χ0n) is 21.6. The van der Waals surface area contributed by atoms with Gasteiger partial charge in [-0.2, -0.15) is 5.10 Å². The number of Topliss-reactive ketones (excluding diaryl/α,β-unsaturated/α-hetero) is 1. The SMILES string of the molecule is COCC1CCC2(C)C(CCC3C2CCC2(C)C(C(=O)Cn4ncc5cc(Cl)ccc54)CCC32)C1. The van der Waals surface area contributed by atoms with Crippen LogP contribution in [0.2, 0.25) is 5.02 Å². The van der Waals surface area contributed by atoms with Gasteiger partial charge in [-0.1, -0.05) is 25.4 Å². The molecule has 0 amide bonds. The predicted octanol–water partition coefficient (Wildman–Crippen LogP) is 7.18. The van der Waals surface area contributed by atoms with E-state index in [4.69, 9.17) is 16.3 Å². The first-order valence-corrected chi connectivity index (χ1v) is 14.3. The molecule has 2 aromatic rings. The van der Waals surface area contributed by atoms with Crippen molar-refractivity contribution in [1.29, 1.82) is 0 Å². The van der Waals surface area contributed by atoms with Crippen LogP contribution >= 0.6 is 11.6 Å². The van der Waals surface area contributed by atoms with E-state index in [-0.39, 0.29) is 11.3 Å². The van der Waals surface area contributed by atoms with Crippen molar-refractivity contribution in [3.63, 3.8) is 0 Å². The number of carbonyl (C=O) groups is 1. The number of hydrogen-bond donors (Lipinski definition) is 0. The summed E-state index contributed by atoms with van der Waals surface area (Å²) in [5, 5.41) is 6.26. The molecule has 4 fully saturated rings. The third-order valence-corrected chi connectivity index (χ3v) is 11.7. The Kier molecular flexibility index (Phi) is 6.08. The van der Waals surface area contributed by atoms with Crippen LogP contribution in [0.4, 0.5) is 0 Å². The van der Waals surface area contributed by atoms with Gasteiger partial charge in [-0.05, 0) is 116 Å². The molecule has 0 saturated heterocycles. The molecule has 0 spiro atoms. The highest BCUT2D eigenvalue weighted by molar-refractivity contribution is 6.31. The van der Waals surface area contributed by atoms with Gasteiger partial charge in [0.1, 0.15) is 6.54 Å². The molecule has 8 unspecified atom stereocenters. The fourth-order valence-corrected chi connectivity index (χ4v) is 9.89. The number of rotatable bonds is 5. The number of halogens is 1. The van der Waals surface area contributed by atoms with Crippen LogP contribution in [0, 0.1) is 46.3 Å². The first-order valence-electron chi connectivity index (χ1n) is 14.0. The van der Waals surface area contributed by atoms with Crippen LogP contribution in [-0.2, 0) is 16.1 Å². The Bertz CT molecular complexity index is 1110. The van der Waals surface area contributed by atoms with E-state index in [1.165, 1.54) is 51.4 Å². The van der Waals surface area contributed by atoms with E-state index in [9.17, 15) is 4.79 Å². The Morgan fingerprint density at radius 2 is 1.89 bits per heavy atom. The van der Waals surface area contributed by atoms with Gasteiger partial charge >= 0.3 is 0 Å². The largest absolute Gasteiger partial charge is 0.384 e. The number of nitrogens with zero attached hydrogens (tertiary/aromatic N) is 2. The summed E-state index contributed by atoms with van der Waals surface area (Å²) in [6, 6.07) is 5.81. The highest BCUT2D eigenvalue weighted by atomic mass is 35.5. The monoisotopic (exact) mass is 496 g/mol. The van der Waals surface area contributed by atoms with Crippen LogP contribution in [0.25, 0.3) is 10.9 Å². The number of aromatic nitrogens is 2. The van der Waals surface area contributed by atoms with Crippen LogP contribution in [0.1, 0.15) is 71.6 Å². The minimum atomic E-state index is 0.154. The Morgan fingerprint density at radius 1 is 1.09 bits per heavy atom. The fraction of sp³-hybridized carbons (Fsp3) is 0.733. The molecule has 1 heterocycles. The summed E-state index contributed by atoms with van der Waals surface area (Å²) < 4.78 is 7.42. The van der Waals surface area contributed by atoms with Crippen LogP contribution in [-0.4, -0.2) is 29.3 Å². The lowest BCUT2D eigenvalue weighted by atomic mass is 9.44. The first kappa shape index (κ1) is 24.0. The van der Waals surface area contributed by atoms with Crippen molar-refractivity contribution in [3.05, 3.63) is 29.4 Å². The fourth-order valence-electron chi connectivity index (χ4n) is 9.70. The summed E-state index contributed by atoms with van der Waals surface area (Å²) in [6.07, 6.45) is 13.5. The molecule has 4 saturated carbocycles. The smallest absolute Gasteiger partial charge is 0.157 e. The van der Waals surface area contributed by atoms with Gasteiger partial charge in [-0.15, -0.1) is 0 Å². The van der Waals surface area contributed by atoms with Crippen molar-refractivity contribution in [1.82, 2.24) is 9.78 Å². The van der Waals surface area contributed by atoms with E-state index in [2.05, 4.69) is 18.9 Å².